The van der Waals surface area contributed by atoms with Crippen molar-refractivity contribution in [2.24, 2.45) is 7.05 Å². The zero-order valence-corrected chi connectivity index (χ0v) is 9.16. The third kappa shape index (κ3) is 1.64. The molecule has 0 aromatic carbocycles. The molecule has 1 aliphatic rings. The Balaban J connectivity index is 2.29. The molecule has 0 spiro atoms. The maximum absolute atomic E-state index is 10.8. The lowest BCUT2D eigenvalue weighted by Crippen LogP contribution is -2.37. The molecule has 1 aliphatic carbocycles. The molecule has 0 amide bonds. The number of rotatable bonds is 3. The zero-order chi connectivity index (χ0) is 11.1. The van der Waals surface area contributed by atoms with E-state index < -0.39 is 5.97 Å². The number of carboxylic acid groups (broad SMARTS) is 1. The molecule has 1 saturated carbocycles. The van der Waals surface area contributed by atoms with Gasteiger partial charge in [-0.25, -0.2) is 0 Å². The molecule has 0 radical (unpaired) electrons. The lowest BCUT2D eigenvalue weighted by atomic mass is 9.64. The van der Waals surface area contributed by atoms with Crippen molar-refractivity contribution in [3.05, 3.63) is 17.5 Å². The van der Waals surface area contributed by atoms with E-state index in [0.29, 0.717) is 0 Å². The lowest BCUT2D eigenvalue weighted by molar-refractivity contribution is -0.139. The number of carboxylic acids is 1. The van der Waals surface area contributed by atoms with Crippen LogP contribution in [0, 0.1) is 6.92 Å². The van der Waals surface area contributed by atoms with Crippen LogP contribution in [0.25, 0.3) is 0 Å². The van der Waals surface area contributed by atoms with Gasteiger partial charge in [0.1, 0.15) is 0 Å². The van der Waals surface area contributed by atoms with Crippen LogP contribution in [0.4, 0.5) is 0 Å². The van der Waals surface area contributed by atoms with E-state index in [9.17, 15) is 4.79 Å². The van der Waals surface area contributed by atoms with Crippen molar-refractivity contribution in [2.75, 3.05) is 0 Å². The van der Waals surface area contributed by atoms with Crippen LogP contribution >= 0.6 is 0 Å². The van der Waals surface area contributed by atoms with Crippen molar-refractivity contribution < 1.29 is 9.90 Å². The Kier molecular flexibility index (Phi) is 2.29. The van der Waals surface area contributed by atoms with Crippen LogP contribution in [-0.2, 0) is 17.3 Å². The second-order valence-electron chi connectivity index (χ2n) is 4.50. The largest absolute Gasteiger partial charge is 0.481 e. The van der Waals surface area contributed by atoms with Crippen LogP contribution in [0.3, 0.4) is 0 Å². The molecular formula is C11H16N2O2. The van der Waals surface area contributed by atoms with Crippen LogP contribution < -0.4 is 0 Å². The van der Waals surface area contributed by atoms with Crippen LogP contribution in [-0.4, -0.2) is 20.9 Å². The van der Waals surface area contributed by atoms with Gasteiger partial charge in [0.15, 0.2) is 0 Å². The normalized spacial score (nSPS) is 18.5. The number of hydrogen-bond acceptors (Lipinski definition) is 2. The number of aromatic nitrogens is 2. The molecule has 82 valence electrons. The highest BCUT2D eigenvalue weighted by atomic mass is 16.4. The predicted octanol–water partition coefficient (Wildman–Crippen LogP) is 1.62. The van der Waals surface area contributed by atoms with Crippen molar-refractivity contribution in [3.8, 4) is 0 Å². The second-order valence-corrected chi connectivity index (χ2v) is 4.50. The van der Waals surface area contributed by atoms with Crippen molar-refractivity contribution in [3.63, 3.8) is 0 Å². The van der Waals surface area contributed by atoms with E-state index in [1.54, 1.807) is 0 Å². The first kappa shape index (κ1) is 10.2. The summed E-state index contributed by atoms with van der Waals surface area (Å²) >= 11 is 0. The Labute approximate surface area is 88.9 Å². The van der Waals surface area contributed by atoms with Gasteiger partial charge >= 0.3 is 5.97 Å². The molecular weight excluding hydrogens is 192 g/mol. The highest BCUT2D eigenvalue weighted by molar-refractivity contribution is 5.69. The van der Waals surface area contributed by atoms with Gasteiger partial charge in [0.05, 0.1) is 12.1 Å². The fraction of sp³-hybridized carbons (Fsp3) is 0.636. The number of aryl methyl sites for hydroxylation is 2. The highest BCUT2D eigenvalue weighted by Crippen LogP contribution is 2.45. The van der Waals surface area contributed by atoms with Crippen molar-refractivity contribution in [1.82, 2.24) is 9.78 Å². The van der Waals surface area contributed by atoms with Crippen molar-refractivity contribution >= 4 is 5.97 Å². The Morgan fingerprint density at radius 1 is 1.67 bits per heavy atom. The standard InChI is InChI=1S/C11H16N2O2/c1-8-6-9(12-13(8)2)11(4-3-5-11)7-10(14)15/h6H,3-5,7H2,1-2H3,(H,14,15). The van der Waals surface area contributed by atoms with Gasteiger partial charge in [-0.3, -0.25) is 9.48 Å². The summed E-state index contributed by atoms with van der Waals surface area (Å²) in [6.45, 7) is 1.99. The van der Waals surface area contributed by atoms with E-state index in [0.717, 1.165) is 30.7 Å². The summed E-state index contributed by atoms with van der Waals surface area (Å²) in [7, 11) is 1.89. The lowest BCUT2D eigenvalue weighted by Gasteiger charge is -2.39. The average Bonchev–Trinajstić information content (AvgIpc) is 2.40. The van der Waals surface area contributed by atoms with Gasteiger partial charge in [-0.05, 0) is 25.8 Å². The number of hydrogen-bond donors (Lipinski definition) is 1. The molecule has 1 aromatic rings. The summed E-state index contributed by atoms with van der Waals surface area (Å²) < 4.78 is 1.82. The maximum atomic E-state index is 10.8. The van der Waals surface area contributed by atoms with E-state index in [-0.39, 0.29) is 11.8 Å². The molecule has 1 heterocycles. The minimum Gasteiger partial charge on any atom is -0.481 e. The summed E-state index contributed by atoms with van der Waals surface area (Å²) in [6, 6.07) is 2.02. The molecule has 1 aromatic heterocycles. The quantitative estimate of drug-likeness (QED) is 0.821. The first-order valence-electron chi connectivity index (χ1n) is 5.26. The van der Waals surface area contributed by atoms with Gasteiger partial charge in [-0.2, -0.15) is 5.10 Å². The Morgan fingerprint density at radius 3 is 2.67 bits per heavy atom. The molecule has 15 heavy (non-hydrogen) atoms. The minimum atomic E-state index is -0.724. The molecule has 0 bridgehead atoms. The summed E-state index contributed by atoms with van der Waals surface area (Å²) in [5.41, 5.74) is 1.86. The third-order valence-corrected chi connectivity index (χ3v) is 3.46. The summed E-state index contributed by atoms with van der Waals surface area (Å²) in [4.78, 5) is 10.8. The molecule has 4 nitrogen and oxygen atoms in total. The first-order chi connectivity index (χ1) is 7.03. The Hall–Kier alpha value is -1.32. The van der Waals surface area contributed by atoms with Gasteiger partial charge in [-0.1, -0.05) is 6.42 Å². The molecule has 1 fully saturated rings. The SMILES string of the molecule is Cc1cc(C2(CC(=O)O)CCC2)nn1C. The van der Waals surface area contributed by atoms with E-state index in [4.69, 9.17) is 5.11 Å². The molecule has 2 rings (SSSR count). The molecule has 0 saturated heterocycles. The minimum absolute atomic E-state index is 0.183. The second kappa shape index (κ2) is 3.36. The van der Waals surface area contributed by atoms with Crippen LogP contribution in [0.5, 0.6) is 0 Å². The molecule has 0 aliphatic heterocycles. The van der Waals surface area contributed by atoms with Gasteiger partial charge in [-0.15, -0.1) is 0 Å². The van der Waals surface area contributed by atoms with Gasteiger partial charge in [0, 0.05) is 18.2 Å². The molecule has 4 heteroatoms. The van der Waals surface area contributed by atoms with Gasteiger partial charge < -0.3 is 5.11 Å². The summed E-state index contributed by atoms with van der Waals surface area (Å²) in [6.07, 6.45) is 3.23. The van der Waals surface area contributed by atoms with Crippen LogP contribution in [0.15, 0.2) is 6.07 Å². The molecule has 1 N–H and O–H groups in total. The number of nitrogens with zero attached hydrogens (tertiary/aromatic N) is 2. The average molecular weight is 208 g/mol. The highest BCUT2D eigenvalue weighted by Gasteiger charge is 2.42. The van der Waals surface area contributed by atoms with Crippen LogP contribution in [0.1, 0.15) is 37.1 Å². The van der Waals surface area contributed by atoms with E-state index in [2.05, 4.69) is 5.10 Å². The smallest absolute Gasteiger partial charge is 0.304 e. The van der Waals surface area contributed by atoms with Crippen molar-refractivity contribution in [1.29, 1.82) is 0 Å². The molecule has 0 unspecified atom stereocenters. The van der Waals surface area contributed by atoms with Gasteiger partial charge in [0.2, 0.25) is 0 Å². The summed E-state index contributed by atoms with van der Waals surface area (Å²) in [5.74, 6) is -0.724. The van der Waals surface area contributed by atoms with Crippen LogP contribution in [0.2, 0.25) is 0 Å². The van der Waals surface area contributed by atoms with E-state index >= 15 is 0 Å². The fourth-order valence-electron chi connectivity index (χ4n) is 2.24. The zero-order valence-electron chi connectivity index (χ0n) is 9.16. The Morgan fingerprint density at radius 2 is 2.33 bits per heavy atom. The first-order valence-corrected chi connectivity index (χ1v) is 5.26. The predicted molar refractivity (Wildman–Crippen MR) is 55.7 cm³/mol. The van der Waals surface area contributed by atoms with Crippen molar-refractivity contribution in [2.45, 2.75) is 38.0 Å². The topological polar surface area (TPSA) is 55.1 Å². The van der Waals surface area contributed by atoms with E-state index in [1.807, 2.05) is 24.7 Å². The number of carbonyl (C=O) groups is 1. The van der Waals surface area contributed by atoms with Gasteiger partial charge in [0.25, 0.3) is 0 Å². The molecule has 0 atom stereocenters. The third-order valence-electron chi connectivity index (χ3n) is 3.46. The maximum Gasteiger partial charge on any atom is 0.304 e. The van der Waals surface area contributed by atoms with E-state index in [1.165, 1.54) is 0 Å². The summed E-state index contributed by atoms with van der Waals surface area (Å²) in [5, 5.41) is 13.3. The fourth-order valence-corrected chi connectivity index (χ4v) is 2.24. The Bertz CT molecular complexity index is 372. The number of aliphatic carboxylic acids is 1. The monoisotopic (exact) mass is 208 g/mol.